The smallest absolute Gasteiger partial charge is 0.229 e. The fourth-order valence-corrected chi connectivity index (χ4v) is 4.33. The zero-order chi connectivity index (χ0) is 21.5. The van der Waals surface area contributed by atoms with Gasteiger partial charge < -0.3 is 10.1 Å². The third-order valence-electron chi connectivity index (χ3n) is 4.73. The van der Waals surface area contributed by atoms with E-state index in [0.717, 1.165) is 49.5 Å². The van der Waals surface area contributed by atoms with Gasteiger partial charge in [0.25, 0.3) is 0 Å². The number of sulfonamides is 1. The van der Waals surface area contributed by atoms with Crippen molar-refractivity contribution in [1.29, 1.82) is 0 Å². The number of fused-ring (bicyclic) bond motifs is 2. The van der Waals surface area contributed by atoms with Crippen molar-refractivity contribution < 1.29 is 13.2 Å². The minimum Gasteiger partial charge on any atom is -0.494 e. The van der Waals surface area contributed by atoms with Gasteiger partial charge in [-0.05, 0) is 42.8 Å². The Hall–Kier alpha value is -2.84. The number of aromatic nitrogens is 1. The van der Waals surface area contributed by atoms with E-state index in [0.29, 0.717) is 11.4 Å². The van der Waals surface area contributed by atoms with Crippen molar-refractivity contribution in [1.82, 2.24) is 4.98 Å². The maximum absolute atomic E-state index is 11.6. The number of aryl methyl sites for hydroxylation is 1. The molecule has 0 bridgehead atoms. The highest BCUT2D eigenvalue weighted by Gasteiger charge is 2.14. The molecule has 0 saturated heterocycles. The van der Waals surface area contributed by atoms with Gasteiger partial charge >= 0.3 is 0 Å². The van der Waals surface area contributed by atoms with Crippen molar-refractivity contribution in [3.63, 3.8) is 0 Å². The summed E-state index contributed by atoms with van der Waals surface area (Å²) in [6.07, 6.45) is 1.11. The molecule has 0 aliphatic heterocycles. The van der Waals surface area contributed by atoms with Crippen LogP contribution in [0.5, 0.6) is 5.75 Å². The number of methoxy groups -OCH3 is 1. The number of pyridine rings is 1. The Morgan fingerprint density at radius 2 is 1.83 bits per heavy atom. The molecule has 0 spiro atoms. The van der Waals surface area contributed by atoms with Crippen LogP contribution in [0.25, 0.3) is 21.8 Å². The molecule has 8 heteroatoms. The number of hydrogen-bond acceptors (Lipinski definition) is 5. The first-order valence-electron chi connectivity index (χ1n) is 9.16. The Morgan fingerprint density at radius 1 is 1.03 bits per heavy atom. The number of ether oxygens (including phenoxy) is 1. The number of nitrogens with one attached hydrogen (secondary N) is 2. The van der Waals surface area contributed by atoms with Gasteiger partial charge in [0.05, 0.1) is 41.5 Å². The molecule has 0 fully saturated rings. The van der Waals surface area contributed by atoms with Crippen molar-refractivity contribution in [3.05, 3.63) is 64.6 Å². The van der Waals surface area contributed by atoms with Gasteiger partial charge in [0, 0.05) is 21.3 Å². The van der Waals surface area contributed by atoms with Gasteiger partial charge in [-0.15, -0.1) is 0 Å². The first kappa shape index (κ1) is 20.4. The Kier molecular flexibility index (Phi) is 5.29. The summed E-state index contributed by atoms with van der Waals surface area (Å²) >= 11 is 3.52. The van der Waals surface area contributed by atoms with E-state index in [2.05, 4.69) is 26.0 Å². The van der Waals surface area contributed by atoms with E-state index in [9.17, 15) is 8.42 Å². The lowest BCUT2D eigenvalue weighted by Crippen LogP contribution is -2.09. The van der Waals surface area contributed by atoms with Crippen LogP contribution in [0.15, 0.2) is 59.1 Å². The summed E-state index contributed by atoms with van der Waals surface area (Å²) in [5.74, 6) is 0.520. The van der Waals surface area contributed by atoms with Gasteiger partial charge in [-0.25, -0.2) is 13.4 Å². The van der Waals surface area contributed by atoms with E-state index < -0.39 is 10.0 Å². The van der Waals surface area contributed by atoms with Crippen LogP contribution in [-0.2, 0) is 10.0 Å². The van der Waals surface area contributed by atoms with Crippen molar-refractivity contribution >= 4 is 64.8 Å². The molecular formula is C22H20BrN3O3S. The van der Waals surface area contributed by atoms with E-state index >= 15 is 0 Å². The van der Waals surface area contributed by atoms with Crippen molar-refractivity contribution in [2.45, 2.75) is 6.92 Å². The summed E-state index contributed by atoms with van der Waals surface area (Å²) in [6, 6.07) is 17.2. The SMILES string of the molecule is COc1cc(NS(C)(=O)=O)ccc1Nc1c2ccc(Br)cc2nc2c(C)cccc12. The Morgan fingerprint density at radius 3 is 2.57 bits per heavy atom. The quantitative estimate of drug-likeness (QED) is 0.360. The van der Waals surface area contributed by atoms with Crippen LogP contribution >= 0.6 is 15.9 Å². The van der Waals surface area contributed by atoms with Crippen molar-refractivity contribution in [2.75, 3.05) is 23.4 Å². The summed E-state index contributed by atoms with van der Waals surface area (Å²) in [6.45, 7) is 2.04. The molecular weight excluding hydrogens is 466 g/mol. The lowest BCUT2D eigenvalue weighted by Gasteiger charge is -2.17. The standard InChI is InChI=1S/C22H20BrN3O3S/c1-13-5-4-6-17-21(13)25-19-11-14(23)7-9-16(19)22(17)24-18-10-8-15(12-20(18)29-2)26-30(3,27)28/h4-12,26H,1-3H3,(H,24,25). The highest BCUT2D eigenvalue weighted by molar-refractivity contribution is 9.10. The van der Waals surface area contributed by atoms with Gasteiger partial charge in [-0.1, -0.05) is 34.1 Å². The molecule has 0 atom stereocenters. The first-order chi connectivity index (χ1) is 14.2. The summed E-state index contributed by atoms with van der Waals surface area (Å²) in [4.78, 5) is 4.86. The molecule has 0 unspecified atom stereocenters. The molecule has 4 aromatic rings. The van der Waals surface area contributed by atoms with E-state index in [1.54, 1.807) is 25.3 Å². The summed E-state index contributed by atoms with van der Waals surface area (Å²) in [7, 11) is -1.83. The summed E-state index contributed by atoms with van der Waals surface area (Å²) in [5.41, 5.74) is 4.92. The molecule has 2 N–H and O–H groups in total. The number of anilines is 3. The average Bonchev–Trinajstić information content (AvgIpc) is 2.68. The minimum absolute atomic E-state index is 0.434. The second-order valence-corrected chi connectivity index (χ2v) is 9.70. The number of benzene rings is 3. The molecule has 3 aromatic carbocycles. The normalized spacial score (nSPS) is 11.6. The Balaban J connectivity index is 1.90. The number of para-hydroxylation sites is 1. The van der Waals surface area contributed by atoms with Crippen LogP contribution in [0.1, 0.15) is 5.56 Å². The zero-order valence-electron chi connectivity index (χ0n) is 16.7. The van der Waals surface area contributed by atoms with Gasteiger partial charge in [0.2, 0.25) is 10.0 Å². The molecule has 154 valence electrons. The molecule has 6 nitrogen and oxygen atoms in total. The number of hydrogen-bond donors (Lipinski definition) is 2. The average molecular weight is 486 g/mol. The summed E-state index contributed by atoms with van der Waals surface area (Å²) < 4.78 is 32.0. The number of nitrogens with zero attached hydrogens (tertiary/aromatic N) is 1. The van der Waals surface area contributed by atoms with Crippen molar-refractivity contribution in [3.8, 4) is 5.75 Å². The second kappa shape index (κ2) is 7.77. The topological polar surface area (TPSA) is 80.3 Å². The fraction of sp³-hybridized carbons (Fsp3) is 0.136. The van der Waals surface area contributed by atoms with Gasteiger partial charge in [0.15, 0.2) is 0 Å². The van der Waals surface area contributed by atoms with Gasteiger partial charge in [0.1, 0.15) is 5.75 Å². The molecule has 30 heavy (non-hydrogen) atoms. The third kappa shape index (κ3) is 4.06. The Bertz CT molecular complexity index is 1390. The molecule has 0 saturated carbocycles. The monoisotopic (exact) mass is 485 g/mol. The van der Waals surface area contributed by atoms with E-state index in [1.165, 1.54) is 0 Å². The maximum Gasteiger partial charge on any atom is 0.229 e. The van der Waals surface area contributed by atoms with E-state index in [1.807, 2.05) is 43.3 Å². The number of rotatable bonds is 5. The van der Waals surface area contributed by atoms with Crippen LogP contribution in [-0.4, -0.2) is 26.8 Å². The molecule has 4 rings (SSSR count). The zero-order valence-corrected chi connectivity index (χ0v) is 19.1. The predicted molar refractivity (Wildman–Crippen MR) is 126 cm³/mol. The largest absolute Gasteiger partial charge is 0.494 e. The van der Waals surface area contributed by atoms with Crippen molar-refractivity contribution in [2.24, 2.45) is 0 Å². The molecule has 1 aromatic heterocycles. The van der Waals surface area contributed by atoms with Crippen LogP contribution < -0.4 is 14.8 Å². The van der Waals surface area contributed by atoms with Crippen LogP contribution in [0.4, 0.5) is 17.1 Å². The highest BCUT2D eigenvalue weighted by atomic mass is 79.9. The number of halogens is 1. The first-order valence-corrected chi connectivity index (χ1v) is 11.8. The molecule has 0 amide bonds. The summed E-state index contributed by atoms with van der Waals surface area (Å²) in [5, 5.41) is 5.45. The van der Waals surface area contributed by atoms with E-state index in [-0.39, 0.29) is 0 Å². The predicted octanol–water partition coefficient (Wildman–Crippen LogP) is 5.58. The minimum atomic E-state index is -3.38. The molecule has 0 aliphatic rings. The lowest BCUT2D eigenvalue weighted by atomic mass is 10.0. The van der Waals surface area contributed by atoms with Crippen LogP contribution in [0.2, 0.25) is 0 Å². The molecule has 0 aliphatic carbocycles. The van der Waals surface area contributed by atoms with Crippen LogP contribution in [0.3, 0.4) is 0 Å². The maximum atomic E-state index is 11.6. The lowest BCUT2D eigenvalue weighted by molar-refractivity contribution is 0.417. The van der Waals surface area contributed by atoms with Crippen LogP contribution in [0, 0.1) is 6.92 Å². The fourth-order valence-electron chi connectivity index (χ4n) is 3.42. The Labute approximate surface area is 183 Å². The van der Waals surface area contributed by atoms with Gasteiger partial charge in [-0.2, -0.15) is 0 Å². The highest BCUT2D eigenvalue weighted by Crippen LogP contribution is 2.38. The second-order valence-electron chi connectivity index (χ2n) is 7.03. The molecule has 0 radical (unpaired) electrons. The van der Waals surface area contributed by atoms with Gasteiger partial charge in [-0.3, -0.25) is 4.72 Å². The van der Waals surface area contributed by atoms with E-state index in [4.69, 9.17) is 9.72 Å². The third-order valence-corrected chi connectivity index (χ3v) is 5.83. The molecule has 1 heterocycles.